The maximum Gasteiger partial charge on any atom is 0.326 e. The van der Waals surface area contributed by atoms with Gasteiger partial charge in [-0.15, -0.1) is 0 Å². The third-order valence-electron chi connectivity index (χ3n) is 8.01. The summed E-state index contributed by atoms with van der Waals surface area (Å²) in [7, 11) is 0. The number of carboxylic acid groups (broad SMARTS) is 2. The van der Waals surface area contributed by atoms with E-state index >= 15 is 0 Å². The maximum absolute atomic E-state index is 13.7. The van der Waals surface area contributed by atoms with Crippen LogP contribution >= 0.6 is 11.8 Å². The summed E-state index contributed by atoms with van der Waals surface area (Å²) in [5, 5.41) is 31.0. The Kier molecular flexibility index (Phi) is 25.6. The van der Waals surface area contributed by atoms with Gasteiger partial charge in [0.05, 0.1) is 6.04 Å². The van der Waals surface area contributed by atoms with Crippen molar-refractivity contribution in [3.63, 3.8) is 0 Å². The predicted octanol–water partition coefficient (Wildman–Crippen LogP) is -5.92. The number of nitrogens with one attached hydrogen (secondary N) is 5. The van der Waals surface area contributed by atoms with Crippen LogP contribution in [0.25, 0.3) is 0 Å². The molecule has 0 aliphatic rings. The van der Waals surface area contributed by atoms with Crippen LogP contribution in [0.2, 0.25) is 0 Å². The molecule has 0 aliphatic heterocycles. The summed E-state index contributed by atoms with van der Waals surface area (Å²) in [6.45, 7) is 0.0965. The molecule has 0 rings (SSSR count). The molecule has 6 atom stereocenters. The second kappa shape index (κ2) is 28.5. The van der Waals surface area contributed by atoms with E-state index in [1.807, 2.05) is 0 Å². The van der Waals surface area contributed by atoms with Crippen molar-refractivity contribution in [2.24, 2.45) is 50.1 Å². The molecular formula is C32H58N14O11S. The minimum atomic E-state index is -1.54. The highest BCUT2D eigenvalue weighted by molar-refractivity contribution is 7.98. The first kappa shape index (κ1) is 52.1. The van der Waals surface area contributed by atoms with Gasteiger partial charge in [0.1, 0.15) is 30.2 Å². The van der Waals surface area contributed by atoms with Crippen LogP contribution in [-0.4, -0.2) is 137 Å². The Balaban J connectivity index is 6.38. The number of amides is 7. The normalized spacial score (nSPS) is 13.8. The average Bonchev–Trinajstić information content (AvgIpc) is 3.13. The summed E-state index contributed by atoms with van der Waals surface area (Å²) in [6, 6.07) is -8.53. The first-order valence-electron chi connectivity index (χ1n) is 18.1. The highest BCUT2D eigenvalue weighted by Crippen LogP contribution is 2.09. The molecule has 0 heterocycles. The van der Waals surface area contributed by atoms with Crippen molar-refractivity contribution in [3.05, 3.63) is 0 Å². The summed E-state index contributed by atoms with van der Waals surface area (Å²) in [6.07, 6.45) is -0.422. The van der Waals surface area contributed by atoms with Gasteiger partial charge in [0.25, 0.3) is 0 Å². The summed E-state index contributed by atoms with van der Waals surface area (Å²) in [5.74, 6) is -9.12. The average molecular weight is 847 g/mol. The Bertz CT molecular complexity index is 1490. The molecule has 0 aliphatic carbocycles. The maximum atomic E-state index is 13.7. The van der Waals surface area contributed by atoms with Crippen LogP contribution in [0.4, 0.5) is 0 Å². The molecule has 328 valence electrons. The number of carboxylic acids is 2. The van der Waals surface area contributed by atoms with Crippen LogP contribution in [0.15, 0.2) is 9.98 Å². The van der Waals surface area contributed by atoms with Crippen LogP contribution in [-0.2, 0) is 43.2 Å². The monoisotopic (exact) mass is 846 g/mol. The molecule has 58 heavy (non-hydrogen) atoms. The van der Waals surface area contributed by atoms with E-state index in [1.165, 1.54) is 11.8 Å². The molecule has 0 aromatic carbocycles. The molecule has 0 saturated carbocycles. The van der Waals surface area contributed by atoms with E-state index in [9.17, 15) is 53.4 Å². The summed E-state index contributed by atoms with van der Waals surface area (Å²) in [5.41, 5.74) is 37.6. The highest BCUT2D eigenvalue weighted by atomic mass is 32.2. The van der Waals surface area contributed by atoms with Crippen molar-refractivity contribution in [3.8, 4) is 0 Å². The summed E-state index contributed by atoms with van der Waals surface area (Å²) in [4.78, 5) is 121. The van der Waals surface area contributed by atoms with E-state index in [1.54, 1.807) is 6.26 Å². The lowest BCUT2D eigenvalue weighted by molar-refractivity contribution is -0.142. The first-order chi connectivity index (χ1) is 27.2. The van der Waals surface area contributed by atoms with E-state index in [0.29, 0.717) is 0 Å². The molecule has 0 aromatic rings. The number of carbonyl (C=O) groups excluding carboxylic acids is 7. The van der Waals surface area contributed by atoms with Crippen molar-refractivity contribution < 1.29 is 53.4 Å². The largest absolute Gasteiger partial charge is 0.481 e. The van der Waals surface area contributed by atoms with Crippen LogP contribution in [0, 0.1) is 0 Å². The van der Waals surface area contributed by atoms with Gasteiger partial charge in [-0.25, -0.2) is 4.79 Å². The van der Waals surface area contributed by atoms with Crippen molar-refractivity contribution in [2.75, 3.05) is 25.1 Å². The first-order valence-corrected chi connectivity index (χ1v) is 19.5. The molecule has 0 radical (unpaired) electrons. The standard InChI is InChI=1S/C32H58N14O11S/c1-58-15-12-20(45-28(54)19(8-11-24(49)50)42-25(51)16(33)6-9-22(34)47)29(55)44-18(7-10-23(35)48)27(53)43-17(4-2-13-40-31(36)37)26(52)46-21(30(56)57)5-3-14-41-32(38)39/h16-21H,2-15,33H2,1H3,(H2,34,47)(H2,35,48)(H,42,51)(H,43,53)(H,44,55)(H,45,54)(H,46,52)(H,49,50)(H,56,57)(H4,36,37,40)(H4,38,39,41)/t16-,17-,18-,19-,20-,21-/m0/s1. The van der Waals surface area contributed by atoms with Gasteiger partial charge in [-0.1, -0.05) is 0 Å². The third kappa shape index (κ3) is 23.9. The van der Waals surface area contributed by atoms with Crippen LogP contribution < -0.4 is 66.7 Å². The number of guanidine groups is 2. The van der Waals surface area contributed by atoms with E-state index in [0.717, 1.165) is 0 Å². The lowest BCUT2D eigenvalue weighted by atomic mass is 10.0. The second-order valence-corrected chi connectivity index (χ2v) is 13.9. The van der Waals surface area contributed by atoms with E-state index in [2.05, 4.69) is 36.6 Å². The van der Waals surface area contributed by atoms with Gasteiger partial charge in [0, 0.05) is 32.4 Å². The van der Waals surface area contributed by atoms with Gasteiger partial charge in [0.15, 0.2) is 11.9 Å². The molecule has 25 nitrogen and oxygen atoms in total. The SMILES string of the molecule is CSCC[C@H](NC(=O)[C@H](CCC(=O)O)NC(=O)[C@@H](N)CCC(N)=O)C(=O)N[C@@H](CCC(N)=O)C(=O)N[C@@H](CCCN=C(N)N)C(=O)N[C@@H](CCCN=C(N)N)C(=O)O. The highest BCUT2D eigenvalue weighted by Gasteiger charge is 2.33. The third-order valence-corrected chi connectivity index (χ3v) is 8.66. The summed E-state index contributed by atoms with van der Waals surface area (Å²) >= 11 is 1.29. The predicted molar refractivity (Wildman–Crippen MR) is 212 cm³/mol. The molecule has 21 N–H and O–H groups in total. The minimum Gasteiger partial charge on any atom is -0.481 e. The number of hydrogen-bond donors (Lipinski definition) is 14. The lowest BCUT2D eigenvalue weighted by Gasteiger charge is -2.27. The molecule has 0 saturated heterocycles. The van der Waals surface area contributed by atoms with Crippen LogP contribution in [0.3, 0.4) is 0 Å². The van der Waals surface area contributed by atoms with Gasteiger partial charge >= 0.3 is 11.9 Å². The van der Waals surface area contributed by atoms with E-state index in [-0.39, 0.29) is 82.1 Å². The number of aliphatic imine (C=N–C) groups is 2. The molecule has 0 aromatic heterocycles. The number of nitrogens with zero attached hydrogens (tertiary/aromatic N) is 2. The van der Waals surface area contributed by atoms with Crippen LogP contribution in [0.5, 0.6) is 0 Å². The number of rotatable bonds is 31. The number of carbonyl (C=O) groups is 9. The Morgan fingerprint density at radius 1 is 0.517 bits per heavy atom. The van der Waals surface area contributed by atoms with Crippen molar-refractivity contribution >= 4 is 77.0 Å². The molecule has 0 spiro atoms. The van der Waals surface area contributed by atoms with Crippen LogP contribution in [0.1, 0.15) is 70.6 Å². The Morgan fingerprint density at radius 2 is 0.879 bits per heavy atom. The smallest absolute Gasteiger partial charge is 0.326 e. The van der Waals surface area contributed by atoms with Gasteiger partial charge in [-0.3, -0.25) is 48.3 Å². The Labute approximate surface area is 338 Å². The number of thioether (sulfide) groups is 1. The minimum absolute atomic E-state index is 0.0226. The fraction of sp³-hybridized carbons (Fsp3) is 0.656. The van der Waals surface area contributed by atoms with Gasteiger partial charge in [-0.2, -0.15) is 11.8 Å². The lowest BCUT2D eigenvalue weighted by Crippen LogP contribution is -2.59. The zero-order valence-electron chi connectivity index (χ0n) is 32.3. The van der Waals surface area contributed by atoms with E-state index < -0.39 is 109 Å². The van der Waals surface area contributed by atoms with Gasteiger partial charge in [0.2, 0.25) is 41.4 Å². The summed E-state index contributed by atoms with van der Waals surface area (Å²) < 4.78 is 0. The number of hydrogen-bond acceptors (Lipinski definition) is 13. The zero-order chi connectivity index (χ0) is 44.4. The Hall–Kier alpha value is -5.92. The molecule has 0 fully saturated rings. The fourth-order valence-corrected chi connectivity index (χ4v) is 5.40. The molecule has 7 amide bonds. The fourth-order valence-electron chi connectivity index (χ4n) is 4.93. The molecule has 26 heteroatoms. The number of nitrogens with two attached hydrogens (primary N) is 7. The van der Waals surface area contributed by atoms with Crippen molar-refractivity contribution in [1.29, 1.82) is 0 Å². The topological polar surface area (TPSA) is 461 Å². The van der Waals surface area contributed by atoms with Gasteiger partial charge in [-0.05, 0) is 63.4 Å². The van der Waals surface area contributed by atoms with Gasteiger partial charge < -0.3 is 76.9 Å². The number of aliphatic carboxylic acids is 2. The quantitative estimate of drug-likeness (QED) is 0.0175. The molecule has 0 bridgehead atoms. The number of primary amides is 2. The molecular weight excluding hydrogens is 789 g/mol. The van der Waals surface area contributed by atoms with Crippen molar-refractivity contribution in [2.45, 2.75) is 107 Å². The van der Waals surface area contributed by atoms with E-state index in [4.69, 9.17) is 40.1 Å². The Morgan fingerprint density at radius 3 is 1.28 bits per heavy atom. The zero-order valence-corrected chi connectivity index (χ0v) is 33.1. The van der Waals surface area contributed by atoms with Crippen molar-refractivity contribution in [1.82, 2.24) is 26.6 Å². The molecule has 0 unspecified atom stereocenters. The second-order valence-electron chi connectivity index (χ2n) is 12.9.